The SMILES string of the molecule is COc1cc(CNCc2cc(C)on2)ccc1O. The Labute approximate surface area is 105 Å². The molecule has 0 aliphatic rings. The lowest BCUT2D eigenvalue weighted by molar-refractivity contribution is 0.372. The molecule has 0 spiro atoms. The Morgan fingerprint density at radius 1 is 1.33 bits per heavy atom. The summed E-state index contributed by atoms with van der Waals surface area (Å²) in [6, 6.07) is 7.16. The van der Waals surface area contributed by atoms with Gasteiger partial charge in [0.2, 0.25) is 0 Å². The van der Waals surface area contributed by atoms with Crippen LogP contribution in [0.2, 0.25) is 0 Å². The molecule has 0 aliphatic carbocycles. The fraction of sp³-hybridized carbons (Fsp3) is 0.308. The zero-order valence-corrected chi connectivity index (χ0v) is 10.4. The number of nitrogens with zero attached hydrogens (tertiary/aromatic N) is 1. The molecule has 0 fully saturated rings. The molecule has 18 heavy (non-hydrogen) atoms. The Kier molecular flexibility index (Phi) is 3.84. The summed E-state index contributed by atoms with van der Waals surface area (Å²) in [7, 11) is 1.53. The molecule has 0 bridgehead atoms. The molecule has 1 aromatic heterocycles. The van der Waals surface area contributed by atoms with E-state index in [2.05, 4.69) is 10.5 Å². The minimum atomic E-state index is 0.147. The zero-order chi connectivity index (χ0) is 13.0. The van der Waals surface area contributed by atoms with Crippen LogP contribution in [0.25, 0.3) is 0 Å². The van der Waals surface area contributed by atoms with Gasteiger partial charge in [0.05, 0.1) is 12.8 Å². The third-order valence-electron chi connectivity index (χ3n) is 2.56. The quantitative estimate of drug-likeness (QED) is 0.847. The number of aromatic nitrogens is 1. The van der Waals surface area contributed by atoms with Crippen LogP contribution in [0.3, 0.4) is 0 Å². The van der Waals surface area contributed by atoms with Crippen LogP contribution >= 0.6 is 0 Å². The summed E-state index contributed by atoms with van der Waals surface area (Å²) in [5.74, 6) is 1.43. The largest absolute Gasteiger partial charge is 0.504 e. The Balaban J connectivity index is 1.90. The monoisotopic (exact) mass is 248 g/mol. The number of ether oxygens (including phenoxy) is 1. The molecule has 0 radical (unpaired) electrons. The Bertz CT molecular complexity index is 523. The third-order valence-corrected chi connectivity index (χ3v) is 2.56. The normalized spacial score (nSPS) is 10.6. The highest BCUT2D eigenvalue weighted by molar-refractivity contribution is 5.41. The summed E-state index contributed by atoms with van der Waals surface area (Å²) < 4.78 is 10.0. The van der Waals surface area contributed by atoms with E-state index in [9.17, 15) is 5.11 Å². The van der Waals surface area contributed by atoms with Crippen LogP contribution in [0, 0.1) is 6.92 Å². The van der Waals surface area contributed by atoms with Crippen molar-refractivity contribution in [2.24, 2.45) is 0 Å². The first kappa shape index (κ1) is 12.4. The van der Waals surface area contributed by atoms with Crippen molar-refractivity contribution in [3.8, 4) is 11.5 Å². The average molecular weight is 248 g/mol. The smallest absolute Gasteiger partial charge is 0.160 e. The molecular formula is C13H16N2O3. The van der Waals surface area contributed by atoms with Gasteiger partial charge in [-0.2, -0.15) is 0 Å². The van der Waals surface area contributed by atoms with E-state index < -0.39 is 0 Å². The van der Waals surface area contributed by atoms with Crippen molar-refractivity contribution in [2.45, 2.75) is 20.0 Å². The van der Waals surface area contributed by atoms with Crippen LogP contribution in [0.5, 0.6) is 11.5 Å². The van der Waals surface area contributed by atoms with Gasteiger partial charge in [-0.25, -0.2) is 0 Å². The number of methoxy groups -OCH3 is 1. The van der Waals surface area contributed by atoms with Crippen molar-refractivity contribution in [2.75, 3.05) is 7.11 Å². The minimum absolute atomic E-state index is 0.147. The van der Waals surface area contributed by atoms with Gasteiger partial charge in [-0.05, 0) is 24.6 Å². The van der Waals surface area contributed by atoms with Crippen molar-refractivity contribution >= 4 is 0 Å². The second kappa shape index (κ2) is 5.55. The van der Waals surface area contributed by atoms with Gasteiger partial charge in [-0.15, -0.1) is 0 Å². The maximum Gasteiger partial charge on any atom is 0.160 e. The van der Waals surface area contributed by atoms with Gasteiger partial charge in [0.1, 0.15) is 5.76 Å². The van der Waals surface area contributed by atoms with Crippen LogP contribution in [0.15, 0.2) is 28.8 Å². The molecule has 96 valence electrons. The highest BCUT2D eigenvalue weighted by Gasteiger charge is 2.03. The van der Waals surface area contributed by atoms with Crippen LogP contribution < -0.4 is 10.1 Å². The number of nitrogens with one attached hydrogen (secondary N) is 1. The topological polar surface area (TPSA) is 67.5 Å². The summed E-state index contributed by atoms with van der Waals surface area (Å²) >= 11 is 0. The highest BCUT2D eigenvalue weighted by atomic mass is 16.5. The molecule has 2 rings (SSSR count). The van der Waals surface area contributed by atoms with Crippen molar-refractivity contribution in [1.82, 2.24) is 10.5 Å². The molecule has 5 heteroatoms. The number of benzene rings is 1. The van der Waals surface area contributed by atoms with E-state index in [1.54, 1.807) is 12.1 Å². The van der Waals surface area contributed by atoms with E-state index in [-0.39, 0.29) is 5.75 Å². The van der Waals surface area contributed by atoms with Crippen LogP contribution in [-0.4, -0.2) is 17.4 Å². The van der Waals surface area contributed by atoms with Gasteiger partial charge in [-0.3, -0.25) is 0 Å². The Morgan fingerprint density at radius 3 is 2.83 bits per heavy atom. The molecule has 0 saturated carbocycles. The summed E-state index contributed by atoms with van der Waals surface area (Å²) in [4.78, 5) is 0. The molecule has 0 amide bonds. The maximum absolute atomic E-state index is 9.47. The van der Waals surface area contributed by atoms with Gasteiger partial charge in [0.15, 0.2) is 11.5 Å². The summed E-state index contributed by atoms with van der Waals surface area (Å²) in [6.07, 6.45) is 0. The van der Waals surface area contributed by atoms with Crippen LogP contribution in [0.1, 0.15) is 17.0 Å². The molecule has 0 aliphatic heterocycles. The van der Waals surface area contributed by atoms with Gasteiger partial charge in [0, 0.05) is 19.2 Å². The first-order valence-corrected chi connectivity index (χ1v) is 5.68. The predicted octanol–water partition coefficient (Wildman–Crippen LogP) is 1.99. The lowest BCUT2D eigenvalue weighted by Gasteiger charge is -2.07. The minimum Gasteiger partial charge on any atom is -0.504 e. The molecule has 0 unspecified atom stereocenters. The average Bonchev–Trinajstić information content (AvgIpc) is 2.77. The lowest BCUT2D eigenvalue weighted by atomic mass is 10.2. The van der Waals surface area contributed by atoms with E-state index >= 15 is 0 Å². The van der Waals surface area contributed by atoms with Crippen molar-refractivity contribution in [1.29, 1.82) is 0 Å². The fourth-order valence-electron chi connectivity index (χ4n) is 1.67. The van der Waals surface area contributed by atoms with Gasteiger partial charge < -0.3 is 19.7 Å². The molecular weight excluding hydrogens is 232 g/mol. The van der Waals surface area contributed by atoms with Gasteiger partial charge >= 0.3 is 0 Å². The van der Waals surface area contributed by atoms with Crippen molar-refractivity contribution in [3.05, 3.63) is 41.3 Å². The first-order valence-electron chi connectivity index (χ1n) is 5.68. The Morgan fingerprint density at radius 2 is 2.17 bits per heavy atom. The number of hydrogen-bond donors (Lipinski definition) is 2. The molecule has 2 aromatic rings. The fourth-order valence-corrected chi connectivity index (χ4v) is 1.67. The number of aryl methyl sites for hydroxylation is 1. The standard InChI is InChI=1S/C13H16N2O3/c1-9-5-11(15-18-9)8-14-7-10-3-4-12(16)13(6-10)17-2/h3-6,14,16H,7-8H2,1-2H3. The maximum atomic E-state index is 9.47. The van der Waals surface area contributed by atoms with E-state index in [1.807, 2.05) is 19.1 Å². The molecule has 0 atom stereocenters. The number of hydrogen-bond acceptors (Lipinski definition) is 5. The number of rotatable bonds is 5. The molecule has 2 N–H and O–H groups in total. The van der Waals surface area contributed by atoms with E-state index in [0.29, 0.717) is 18.8 Å². The summed E-state index contributed by atoms with van der Waals surface area (Å²) in [5, 5.41) is 16.6. The van der Waals surface area contributed by atoms with E-state index in [1.165, 1.54) is 7.11 Å². The summed E-state index contributed by atoms with van der Waals surface area (Å²) in [6.45, 7) is 3.17. The van der Waals surface area contributed by atoms with E-state index in [0.717, 1.165) is 17.0 Å². The molecule has 0 saturated heterocycles. The zero-order valence-electron chi connectivity index (χ0n) is 10.4. The second-order valence-corrected chi connectivity index (χ2v) is 4.04. The lowest BCUT2D eigenvalue weighted by Crippen LogP contribution is -2.12. The van der Waals surface area contributed by atoms with Crippen LogP contribution in [-0.2, 0) is 13.1 Å². The van der Waals surface area contributed by atoms with Crippen molar-refractivity contribution < 1.29 is 14.4 Å². The predicted molar refractivity (Wildman–Crippen MR) is 66.4 cm³/mol. The van der Waals surface area contributed by atoms with Crippen LogP contribution in [0.4, 0.5) is 0 Å². The Hall–Kier alpha value is -2.01. The number of aromatic hydroxyl groups is 1. The second-order valence-electron chi connectivity index (χ2n) is 4.04. The van der Waals surface area contributed by atoms with Crippen molar-refractivity contribution in [3.63, 3.8) is 0 Å². The van der Waals surface area contributed by atoms with Gasteiger partial charge in [-0.1, -0.05) is 11.2 Å². The molecule has 1 heterocycles. The third kappa shape index (κ3) is 3.01. The molecule has 5 nitrogen and oxygen atoms in total. The number of phenols is 1. The number of phenolic OH excluding ortho intramolecular Hbond substituents is 1. The highest BCUT2D eigenvalue weighted by Crippen LogP contribution is 2.26. The molecule has 1 aromatic carbocycles. The first-order chi connectivity index (χ1) is 8.69. The van der Waals surface area contributed by atoms with E-state index in [4.69, 9.17) is 9.26 Å². The van der Waals surface area contributed by atoms with Gasteiger partial charge in [0.25, 0.3) is 0 Å². The summed E-state index contributed by atoms with van der Waals surface area (Å²) in [5.41, 5.74) is 1.91.